The van der Waals surface area contributed by atoms with Gasteiger partial charge >= 0.3 is 0 Å². The van der Waals surface area contributed by atoms with E-state index in [1.165, 1.54) is 6.21 Å². The number of benzene rings is 3. The molecule has 3 amide bonds. The Labute approximate surface area is 252 Å². The zero-order valence-corrected chi connectivity index (χ0v) is 25.3. The maximum atomic E-state index is 13.1. The fraction of sp³-hybridized carbons (Fsp3) is 0.267. The number of halogens is 1. The van der Waals surface area contributed by atoms with E-state index in [2.05, 4.69) is 15.8 Å². The first-order valence-corrected chi connectivity index (χ1v) is 14.0. The summed E-state index contributed by atoms with van der Waals surface area (Å²) < 4.78 is 17.6. The third-order valence-electron chi connectivity index (χ3n) is 5.77. The minimum atomic E-state index is -0.896. The van der Waals surface area contributed by atoms with Crippen LogP contribution in [-0.2, 0) is 20.8 Å². The lowest BCUT2D eigenvalue weighted by atomic mass is 10.1. The molecule has 0 aliphatic heterocycles. The highest BCUT2D eigenvalue weighted by Gasteiger charge is 2.22. The van der Waals surface area contributed by atoms with Gasteiger partial charge in [-0.1, -0.05) is 48.5 Å². The second-order valence-electron chi connectivity index (χ2n) is 9.07. The summed E-state index contributed by atoms with van der Waals surface area (Å²) in [4.78, 5) is 37.1. The van der Waals surface area contributed by atoms with Crippen molar-refractivity contribution in [1.82, 2.24) is 10.7 Å². The van der Waals surface area contributed by atoms with Crippen LogP contribution < -0.4 is 30.7 Å². The average Bonchev–Trinajstić information content (AvgIpc) is 2.92. The summed E-state index contributed by atoms with van der Waals surface area (Å²) in [5, 5.41) is 6.86. The molecule has 0 spiro atoms. The lowest BCUT2D eigenvalue weighted by Gasteiger charge is -2.18. The largest absolute Gasteiger partial charge is 0.490 e. The third kappa shape index (κ3) is 9.78. The highest BCUT2D eigenvalue weighted by atomic mass is 127. The first kappa shape index (κ1) is 31.4. The Bertz CT molecular complexity index is 1380. The molecule has 0 aliphatic rings. The third-order valence-corrected chi connectivity index (χ3v) is 6.57. The van der Waals surface area contributed by atoms with E-state index in [1.807, 2.05) is 91.9 Å². The molecule has 0 saturated carbocycles. The first-order chi connectivity index (χ1) is 19.7. The number of ether oxygens (including phenoxy) is 3. The van der Waals surface area contributed by atoms with Gasteiger partial charge in [-0.2, -0.15) is 5.10 Å². The molecule has 0 saturated heterocycles. The number of aryl methyl sites for hydroxylation is 2. The minimum absolute atomic E-state index is 0.240. The van der Waals surface area contributed by atoms with Gasteiger partial charge in [-0.3, -0.25) is 14.4 Å². The summed E-state index contributed by atoms with van der Waals surface area (Å²) in [5.41, 5.74) is 11.0. The van der Waals surface area contributed by atoms with Crippen molar-refractivity contribution in [2.75, 3.05) is 19.8 Å². The van der Waals surface area contributed by atoms with Crippen molar-refractivity contribution in [3.63, 3.8) is 0 Å². The molecule has 0 radical (unpaired) electrons. The van der Waals surface area contributed by atoms with Gasteiger partial charge in [0.2, 0.25) is 0 Å². The van der Waals surface area contributed by atoms with Crippen molar-refractivity contribution in [1.29, 1.82) is 0 Å². The lowest BCUT2D eigenvalue weighted by Crippen LogP contribution is -2.48. The predicted octanol–water partition coefficient (Wildman–Crippen LogP) is 3.43. The molecule has 0 fully saturated rings. The molecular formula is C30H33IN4O6. The van der Waals surface area contributed by atoms with Crippen molar-refractivity contribution in [2.24, 2.45) is 10.8 Å². The highest BCUT2D eigenvalue weighted by Crippen LogP contribution is 2.34. The van der Waals surface area contributed by atoms with E-state index < -0.39 is 23.8 Å². The molecule has 216 valence electrons. The number of nitrogens with two attached hydrogens (primary N) is 1. The van der Waals surface area contributed by atoms with Crippen molar-refractivity contribution >= 4 is 46.5 Å². The summed E-state index contributed by atoms with van der Waals surface area (Å²) >= 11 is 2.05. The van der Waals surface area contributed by atoms with E-state index in [-0.39, 0.29) is 19.6 Å². The summed E-state index contributed by atoms with van der Waals surface area (Å²) in [6, 6.07) is 17.6. The first-order valence-electron chi connectivity index (χ1n) is 12.9. The zero-order chi connectivity index (χ0) is 29.8. The van der Waals surface area contributed by atoms with Gasteiger partial charge in [0.25, 0.3) is 17.7 Å². The molecule has 0 unspecified atom stereocenters. The summed E-state index contributed by atoms with van der Waals surface area (Å²) in [7, 11) is 0. The molecule has 10 nitrogen and oxygen atoms in total. The Balaban J connectivity index is 1.71. The van der Waals surface area contributed by atoms with E-state index >= 15 is 0 Å². The standard InChI is InChI=1S/C30H33IN4O6/c1-4-39-25-15-22(13-23(31)29(25)40-17-26(32)36)16-33-35-30(38)24(14-21-11-6-5-7-12-21)34-27(37)18-41-28-19(2)9-8-10-20(28)3/h5-13,15-16,24H,4,14,17-18H2,1-3H3,(H2,32,36)(H,34,37)(H,35,38)/b33-16-/t24-/m1/s1. The second-order valence-corrected chi connectivity index (χ2v) is 10.2. The van der Waals surface area contributed by atoms with Crippen molar-refractivity contribution in [2.45, 2.75) is 33.2 Å². The number of para-hydroxylation sites is 1. The van der Waals surface area contributed by atoms with Gasteiger partial charge in [0, 0.05) is 6.42 Å². The number of rotatable bonds is 14. The summed E-state index contributed by atoms with van der Waals surface area (Å²) in [6.45, 7) is 5.47. The number of carbonyl (C=O) groups is 3. The maximum Gasteiger partial charge on any atom is 0.262 e. The van der Waals surface area contributed by atoms with Crippen molar-refractivity contribution in [3.05, 3.63) is 86.5 Å². The molecule has 4 N–H and O–H groups in total. The Kier molecular flexibility index (Phi) is 11.9. The van der Waals surface area contributed by atoms with Gasteiger partial charge < -0.3 is 25.3 Å². The number of hydrogen-bond acceptors (Lipinski definition) is 7. The van der Waals surface area contributed by atoms with Gasteiger partial charge in [-0.05, 0) is 77.7 Å². The maximum absolute atomic E-state index is 13.1. The van der Waals surface area contributed by atoms with Crippen LogP contribution in [0.3, 0.4) is 0 Å². The van der Waals surface area contributed by atoms with Crippen LogP contribution in [0.4, 0.5) is 0 Å². The molecule has 0 heterocycles. The van der Waals surface area contributed by atoms with Gasteiger partial charge in [0.1, 0.15) is 11.8 Å². The molecule has 0 bridgehead atoms. The number of nitrogens with zero attached hydrogens (tertiary/aromatic N) is 1. The molecule has 0 aliphatic carbocycles. The lowest BCUT2D eigenvalue weighted by molar-refractivity contribution is -0.130. The number of hydrogen-bond donors (Lipinski definition) is 3. The van der Waals surface area contributed by atoms with E-state index in [9.17, 15) is 14.4 Å². The monoisotopic (exact) mass is 672 g/mol. The molecule has 1 atom stereocenters. The van der Waals surface area contributed by atoms with Crippen LogP contribution in [0.5, 0.6) is 17.2 Å². The van der Waals surface area contributed by atoms with E-state index in [1.54, 1.807) is 12.1 Å². The Hall–Kier alpha value is -4.13. The molecule has 3 aromatic rings. The van der Waals surface area contributed by atoms with Crippen LogP contribution in [0, 0.1) is 17.4 Å². The number of carbonyl (C=O) groups excluding carboxylic acids is 3. The van der Waals surface area contributed by atoms with E-state index in [0.717, 1.165) is 16.7 Å². The van der Waals surface area contributed by atoms with E-state index in [0.29, 0.717) is 33.0 Å². The van der Waals surface area contributed by atoms with Crippen LogP contribution in [-0.4, -0.2) is 49.8 Å². The smallest absolute Gasteiger partial charge is 0.262 e. The van der Waals surface area contributed by atoms with Crippen molar-refractivity contribution < 1.29 is 28.6 Å². The fourth-order valence-corrected chi connectivity index (χ4v) is 4.70. The molecule has 3 rings (SSSR count). The van der Waals surface area contributed by atoms with Crippen molar-refractivity contribution in [3.8, 4) is 17.2 Å². The topological polar surface area (TPSA) is 141 Å². The SMILES string of the molecule is CCOc1cc(/C=N\NC(=O)[C@@H](Cc2ccccc2)NC(=O)COc2c(C)cccc2C)cc(I)c1OCC(N)=O. The average molecular weight is 673 g/mol. The Morgan fingerprint density at radius 3 is 2.29 bits per heavy atom. The molecule has 41 heavy (non-hydrogen) atoms. The molecule has 3 aromatic carbocycles. The predicted molar refractivity (Wildman–Crippen MR) is 164 cm³/mol. The zero-order valence-electron chi connectivity index (χ0n) is 23.1. The summed E-state index contributed by atoms with van der Waals surface area (Å²) in [5.74, 6) is -0.0939. The number of amides is 3. The van der Waals surface area contributed by atoms with Crippen LogP contribution in [0.1, 0.15) is 29.2 Å². The normalized spacial score (nSPS) is 11.5. The van der Waals surface area contributed by atoms with Gasteiger partial charge in [-0.25, -0.2) is 5.43 Å². The highest BCUT2D eigenvalue weighted by molar-refractivity contribution is 14.1. The fourth-order valence-electron chi connectivity index (χ4n) is 3.92. The number of primary amides is 1. The second kappa shape index (κ2) is 15.6. The minimum Gasteiger partial charge on any atom is -0.490 e. The number of nitrogens with one attached hydrogen (secondary N) is 2. The van der Waals surface area contributed by atoms with Crippen LogP contribution in [0.25, 0.3) is 0 Å². The summed E-state index contributed by atoms with van der Waals surface area (Å²) in [6.07, 6.45) is 1.71. The van der Waals surface area contributed by atoms with Gasteiger partial charge in [-0.15, -0.1) is 0 Å². The molecule has 0 aromatic heterocycles. The Morgan fingerprint density at radius 1 is 0.951 bits per heavy atom. The van der Waals surface area contributed by atoms with Gasteiger partial charge in [0.05, 0.1) is 16.4 Å². The van der Waals surface area contributed by atoms with E-state index in [4.69, 9.17) is 19.9 Å². The quantitative estimate of drug-likeness (QED) is 0.136. The van der Waals surface area contributed by atoms with Gasteiger partial charge in [0.15, 0.2) is 24.7 Å². The molecule has 11 heteroatoms. The van der Waals surface area contributed by atoms with Crippen LogP contribution in [0.2, 0.25) is 0 Å². The number of hydrazone groups is 1. The van der Waals surface area contributed by atoms with Crippen LogP contribution in [0.15, 0.2) is 65.8 Å². The van der Waals surface area contributed by atoms with Crippen LogP contribution >= 0.6 is 22.6 Å². The molecular weight excluding hydrogens is 639 g/mol. The Morgan fingerprint density at radius 2 is 1.63 bits per heavy atom.